The van der Waals surface area contributed by atoms with Gasteiger partial charge in [-0.2, -0.15) is 4.98 Å². The molecule has 81 heavy (non-hydrogen) atoms. The molecule has 17 heteroatoms. The molecule has 3 saturated heterocycles. The Morgan fingerprint density at radius 2 is 1.62 bits per heavy atom. The number of thiazole rings is 1. The summed E-state index contributed by atoms with van der Waals surface area (Å²) in [6.45, 7) is 11.6. The number of aliphatic hydroxyl groups excluding tert-OH is 1. The van der Waals surface area contributed by atoms with Crippen LogP contribution in [0.4, 0.5) is 0 Å². The van der Waals surface area contributed by atoms with Crippen molar-refractivity contribution in [3.05, 3.63) is 121 Å². The molecule has 6 aromatic rings. The summed E-state index contributed by atoms with van der Waals surface area (Å²) in [5.74, 6) is 1.12. The first kappa shape index (κ1) is 54.6. The van der Waals surface area contributed by atoms with Crippen molar-refractivity contribution in [2.24, 2.45) is 10.8 Å². The van der Waals surface area contributed by atoms with Gasteiger partial charge in [0.25, 0.3) is 5.56 Å². The zero-order chi connectivity index (χ0) is 56.0. The Hall–Kier alpha value is -5.62. The van der Waals surface area contributed by atoms with Gasteiger partial charge in [-0.1, -0.05) is 87.7 Å². The normalized spacial score (nSPS) is 23.0. The van der Waals surface area contributed by atoms with Crippen LogP contribution in [0.25, 0.3) is 27.0 Å². The number of halogens is 1. The average Bonchev–Trinajstić information content (AvgIpc) is 3.41. The minimum Gasteiger partial charge on any atom is -0.391 e. The number of fused-ring (bicyclic) bond motifs is 7. The Morgan fingerprint density at radius 1 is 0.877 bits per heavy atom. The summed E-state index contributed by atoms with van der Waals surface area (Å²) in [7, 11) is 0. The highest BCUT2D eigenvalue weighted by atomic mass is 79.9. The Morgan fingerprint density at radius 3 is 2.31 bits per heavy atom. The molecule has 0 bridgehead atoms. The Labute approximate surface area is 487 Å². The lowest BCUT2D eigenvalue weighted by molar-refractivity contribution is -0.144. The number of β-amino-alcohol motifs (C(OH)–C–C–N with tert-alkyl or cyclic N) is 1. The van der Waals surface area contributed by atoms with Gasteiger partial charge in [0, 0.05) is 48.7 Å². The molecule has 7 heterocycles. The van der Waals surface area contributed by atoms with Crippen molar-refractivity contribution in [1.82, 2.24) is 49.5 Å². The van der Waals surface area contributed by atoms with Crippen LogP contribution in [0, 0.1) is 17.8 Å². The fourth-order valence-corrected chi connectivity index (χ4v) is 16.8. The van der Waals surface area contributed by atoms with Crippen molar-refractivity contribution < 1.29 is 19.5 Å². The first-order valence-electron chi connectivity index (χ1n) is 30.2. The number of nitrogens with one attached hydrogen (secondary N) is 1. The van der Waals surface area contributed by atoms with E-state index < -0.39 is 29.6 Å². The maximum atomic E-state index is 14.7. The van der Waals surface area contributed by atoms with Crippen LogP contribution in [0.15, 0.2) is 81.6 Å². The number of aryl methyl sites for hydroxylation is 1. The number of nitrogens with zero attached hydrogens (tertiary/aromatic N) is 9. The van der Waals surface area contributed by atoms with Gasteiger partial charge >= 0.3 is 0 Å². The largest absolute Gasteiger partial charge is 0.391 e. The lowest BCUT2D eigenvalue weighted by Gasteiger charge is -2.49. The molecule has 3 amide bonds. The lowest BCUT2D eigenvalue weighted by atomic mass is 9.66. The van der Waals surface area contributed by atoms with E-state index in [2.05, 4.69) is 70.3 Å². The molecule has 426 valence electrons. The number of hydrogen-bond acceptors (Lipinski definition) is 11. The third kappa shape index (κ3) is 10.2. The summed E-state index contributed by atoms with van der Waals surface area (Å²) in [5.41, 5.74) is 9.72. The van der Waals surface area contributed by atoms with Crippen LogP contribution >= 0.6 is 27.3 Å². The standard InChI is InChI=1S/C64H77BrN10O5S/c1-39-56(81-38-66-39)43-15-13-41(14-16-43)49(67-58(78)53-34-46(76)36-73(53)60(80)57(62(2,3)4)74-37-50(69-70-74)42-11-12-42)35-54(77)72-31-27-63(28-32-72)25-19-45(20-26-63)71-29-21-40(22-30-71)44-17-18-47-52(33-44)75-51-10-8-9-48(65)55(51)59(79)68-61(75)64(47)23-6-5-7-24-64/h8-10,13-18,33,37-38,40,42,45-46,49,53,57,76H,5-7,11-12,19-32,34-36H2,1-4H3,(H,67,78)/t46-,49+,53+,57-/m1/s1. The quantitative estimate of drug-likeness (QED) is 0.127. The molecule has 4 aliphatic heterocycles. The first-order chi connectivity index (χ1) is 39.1. The summed E-state index contributed by atoms with van der Waals surface area (Å²) in [5, 5.41) is 23.8. The van der Waals surface area contributed by atoms with E-state index in [0.717, 1.165) is 121 Å². The van der Waals surface area contributed by atoms with Gasteiger partial charge < -0.3 is 25.1 Å². The SMILES string of the molecule is Cc1ncsc1-c1ccc([C@H](CC(=O)N2CCC3(CCC(N4CCC(c5ccc6c(c5)-n5c(nc(=O)c7c(Br)cccc75)C65CCCCC5)CC4)CC3)CC2)NC(=O)[C@@H]2C[C@@H](O)CN2C(=O)[C@@H](n2cc(C3CC3)nn2)C(C)(C)C)cc1. The number of amides is 3. The molecule has 4 atom stereocenters. The molecule has 7 aliphatic rings. The van der Waals surface area contributed by atoms with Gasteiger partial charge in [0.2, 0.25) is 17.7 Å². The Bertz CT molecular complexity index is 3420. The van der Waals surface area contributed by atoms with Crippen molar-refractivity contribution in [2.45, 2.75) is 184 Å². The van der Waals surface area contributed by atoms with E-state index in [-0.39, 0.29) is 53.5 Å². The molecule has 3 aromatic carbocycles. The van der Waals surface area contributed by atoms with Crippen LogP contribution < -0.4 is 10.9 Å². The van der Waals surface area contributed by atoms with Crippen molar-refractivity contribution in [3.8, 4) is 16.1 Å². The zero-order valence-corrected chi connectivity index (χ0v) is 49.8. The highest BCUT2D eigenvalue weighted by Gasteiger charge is 2.49. The van der Waals surface area contributed by atoms with Crippen LogP contribution in [0.3, 0.4) is 0 Å². The van der Waals surface area contributed by atoms with Crippen molar-refractivity contribution in [3.63, 3.8) is 0 Å². The van der Waals surface area contributed by atoms with E-state index in [1.165, 1.54) is 53.8 Å². The molecule has 0 radical (unpaired) electrons. The van der Waals surface area contributed by atoms with E-state index >= 15 is 0 Å². The lowest BCUT2D eigenvalue weighted by Crippen LogP contribution is -2.51. The molecular weight excluding hydrogens is 1100 g/mol. The van der Waals surface area contributed by atoms with Crippen LogP contribution in [-0.2, 0) is 19.8 Å². The number of aliphatic hydroxyl groups is 1. The number of likely N-dealkylation sites (tertiary alicyclic amines) is 3. The molecule has 3 aromatic heterocycles. The Kier molecular flexibility index (Phi) is 14.5. The van der Waals surface area contributed by atoms with Crippen LogP contribution in [0.5, 0.6) is 0 Å². The number of carbonyl (C=O) groups is 3. The zero-order valence-electron chi connectivity index (χ0n) is 47.4. The summed E-state index contributed by atoms with van der Waals surface area (Å²) in [6, 6.07) is 19.6. The second-order valence-corrected chi connectivity index (χ2v) is 28.0. The van der Waals surface area contributed by atoms with E-state index in [9.17, 15) is 24.3 Å². The van der Waals surface area contributed by atoms with Crippen molar-refractivity contribution in [2.75, 3.05) is 32.7 Å². The molecule has 6 fully saturated rings. The van der Waals surface area contributed by atoms with E-state index in [0.29, 0.717) is 36.4 Å². The Balaban J connectivity index is 0.649. The topological polar surface area (TPSA) is 172 Å². The second-order valence-electron chi connectivity index (χ2n) is 26.3. The predicted octanol–water partition coefficient (Wildman–Crippen LogP) is 10.8. The van der Waals surface area contributed by atoms with Crippen LogP contribution in [0.1, 0.15) is 188 Å². The summed E-state index contributed by atoms with van der Waals surface area (Å²) in [6.07, 6.45) is 17.8. The second kappa shape index (κ2) is 21.5. The fourth-order valence-electron chi connectivity index (χ4n) is 15.5. The summed E-state index contributed by atoms with van der Waals surface area (Å²) >= 11 is 5.26. The van der Waals surface area contributed by atoms with Crippen molar-refractivity contribution >= 4 is 55.9 Å². The van der Waals surface area contributed by atoms with Crippen LogP contribution in [0.2, 0.25) is 0 Å². The smallest absolute Gasteiger partial charge is 0.281 e. The average molecular weight is 1180 g/mol. The van der Waals surface area contributed by atoms with Gasteiger partial charge in [0.15, 0.2) is 0 Å². The maximum Gasteiger partial charge on any atom is 0.281 e. The number of rotatable bonds is 11. The molecular formula is C64H77BrN10O5S. The van der Waals surface area contributed by atoms with Gasteiger partial charge in [-0.25, -0.2) is 9.67 Å². The highest BCUT2D eigenvalue weighted by molar-refractivity contribution is 9.10. The first-order valence-corrected chi connectivity index (χ1v) is 31.8. The summed E-state index contributed by atoms with van der Waals surface area (Å²) < 4.78 is 4.77. The molecule has 2 N–H and O–H groups in total. The van der Waals surface area contributed by atoms with Gasteiger partial charge in [-0.3, -0.25) is 23.7 Å². The van der Waals surface area contributed by atoms with E-state index in [4.69, 9.17) is 4.98 Å². The minimum atomic E-state index is -0.924. The maximum absolute atomic E-state index is 14.7. The molecule has 3 saturated carbocycles. The molecule has 0 unspecified atom stereocenters. The number of aromatic nitrogens is 6. The third-order valence-corrected chi connectivity index (χ3v) is 21.9. The van der Waals surface area contributed by atoms with Gasteiger partial charge in [0.1, 0.15) is 17.9 Å². The van der Waals surface area contributed by atoms with Crippen molar-refractivity contribution in [1.29, 1.82) is 0 Å². The molecule has 15 nitrogen and oxygen atoms in total. The number of benzene rings is 3. The van der Waals surface area contributed by atoms with Gasteiger partial charge in [-0.15, -0.1) is 16.4 Å². The monoisotopic (exact) mass is 1180 g/mol. The number of piperidine rings is 2. The molecule has 2 spiro atoms. The van der Waals surface area contributed by atoms with Crippen LogP contribution in [-0.4, -0.2) is 118 Å². The molecule has 3 aliphatic carbocycles. The fraction of sp³-hybridized carbons (Fsp3) is 0.562. The number of hydrogen-bond donors (Lipinski definition) is 2. The van der Waals surface area contributed by atoms with Gasteiger partial charge in [0.05, 0.1) is 62.3 Å². The highest BCUT2D eigenvalue weighted by Crippen LogP contribution is 2.53. The predicted molar refractivity (Wildman–Crippen MR) is 317 cm³/mol. The molecule has 13 rings (SSSR count). The van der Waals surface area contributed by atoms with E-state index in [1.54, 1.807) is 16.0 Å². The van der Waals surface area contributed by atoms with E-state index in [1.807, 2.05) is 80.7 Å². The minimum absolute atomic E-state index is 0.00766. The third-order valence-electron chi connectivity index (χ3n) is 20.2. The number of carbonyl (C=O) groups excluding carboxylic acids is 3. The summed E-state index contributed by atoms with van der Waals surface area (Å²) in [4.78, 5) is 74.2. The van der Waals surface area contributed by atoms with Gasteiger partial charge in [-0.05, 0) is 170 Å².